The quantitative estimate of drug-likeness (QED) is 0.565. The van der Waals surface area contributed by atoms with Gasteiger partial charge >= 0.3 is 5.97 Å². The van der Waals surface area contributed by atoms with E-state index in [-0.39, 0.29) is 35.5 Å². The summed E-state index contributed by atoms with van der Waals surface area (Å²) in [7, 11) is 1.58. The molecule has 8 heteroatoms. The van der Waals surface area contributed by atoms with Crippen molar-refractivity contribution in [2.45, 2.75) is 44.4 Å². The van der Waals surface area contributed by atoms with Crippen molar-refractivity contribution in [1.82, 2.24) is 5.32 Å². The van der Waals surface area contributed by atoms with Crippen LogP contribution >= 0.6 is 0 Å². The number of carbonyl (C=O) groups excluding carboxylic acids is 3. The molecule has 2 aromatic rings. The van der Waals surface area contributed by atoms with Gasteiger partial charge in [-0.15, -0.1) is 0 Å². The van der Waals surface area contributed by atoms with Crippen LogP contribution in [0.25, 0.3) is 0 Å². The number of carbonyl (C=O) groups is 3. The summed E-state index contributed by atoms with van der Waals surface area (Å²) in [4.78, 5) is 37.2. The van der Waals surface area contributed by atoms with Gasteiger partial charge < -0.3 is 20.1 Å². The molecule has 1 unspecified atom stereocenters. The maximum absolute atomic E-state index is 13.4. The first-order chi connectivity index (χ1) is 16.9. The zero-order valence-electron chi connectivity index (χ0n) is 20.0. The summed E-state index contributed by atoms with van der Waals surface area (Å²) in [5, 5.41) is 15.0. The van der Waals surface area contributed by atoms with Crippen LogP contribution in [0.15, 0.2) is 36.4 Å². The van der Waals surface area contributed by atoms with Gasteiger partial charge in [-0.2, -0.15) is 5.26 Å². The number of anilines is 1. The van der Waals surface area contributed by atoms with Crippen LogP contribution in [-0.2, 0) is 26.2 Å². The van der Waals surface area contributed by atoms with Gasteiger partial charge in [-0.25, -0.2) is 0 Å². The lowest BCUT2D eigenvalue weighted by molar-refractivity contribution is -0.143. The molecule has 8 nitrogen and oxygen atoms in total. The number of benzene rings is 2. The molecular weight excluding hydrogens is 446 g/mol. The van der Waals surface area contributed by atoms with Crippen molar-refractivity contribution in [2.24, 2.45) is 5.92 Å². The fourth-order valence-electron chi connectivity index (χ4n) is 4.89. The van der Waals surface area contributed by atoms with Gasteiger partial charge in [-0.05, 0) is 68.5 Å². The zero-order chi connectivity index (χ0) is 25.0. The predicted octanol–water partition coefficient (Wildman–Crippen LogP) is 3.48. The second-order valence-electron chi connectivity index (χ2n) is 8.93. The minimum atomic E-state index is -0.362. The number of amides is 2. The molecule has 0 saturated heterocycles. The van der Waals surface area contributed by atoms with Crippen LogP contribution in [0, 0.1) is 17.2 Å². The molecule has 1 spiro atoms. The van der Waals surface area contributed by atoms with Crippen LogP contribution in [0.1, 0.15) is 59.7 Å². The van der Waals surface area contributed by atoms with E-state index in [0.29, 0.717) is 61.5 Å². The Morgan fingerprint density at radius 1 is 1.23 bits per heavy atom. The highest BCUT2D eigenvalue weighted by atomic mass is 16.5. The molecule has 2 atom stereocenters. The fourth-order valence-corrected chi connectivity index (χ4v) is 4.89. The summed E-state index contributed by atoms with van der Waals surface area (Å²) >= 11 is 0. The van der Waals surface area contributed by atoms with E-state index in [4.69, 9.17) is 9.47 Å². The van der Waals surface area contributed by atoms with Gasteiger partial charge in [0.2, 0.25) is 5.91 Å². The van der Waals surface area contributed by atoms with Gasteiger partial charge in [-0.3, -0.25) is 14.4 Å². The number of rotatable bonds is 8. The van der Waals surface area contributed by atoms with Crippen molar-refractivity contribution in [3.63, 3.8) is 0 Å². The summed E-state index contributed by atoms with van der Waals surface area (Å²) in [5.74, 6) is -0.101. The van der Waals surface area contributed by atoms with Crippen molar-refractivity contribution in [2.75, 3.05) is 25.6 Å². The van der Waals surface area contributed by atoms with Crippen LogP contribution in [-0.4, -0.2) is 38.0 Å². The van der Waals surface area contributed by atoms with Crippen LogP contribution in [0.4, 0.5) is 5.69 Å². The number of aryl methyl sites for hydroxylation is 1. The summed E-state index contributed by atoms with van der Waals surface area (Å²) < 4.78 is 10.8. The van der Waals surface area contributed by atoms with Crippen molar-refractivity contribution >= 4 is 23.5 Å². The second-order valence-corrected chi connectivity index (χ2v) is 8.93. The van der Waals surface area contributed by atoms with Crippen molar-refractivity contribution in [1.29, 1.82) is 5.26 Å². The standard InChI is InChI=1S/C27H29N3O5/c1-3-34-24(31)6-4-5-18-8-7-17(16-28)13-22(18)30-26(33)21-15-27(21)11-12-35-23-10-9-19(14-20(23)27)25(32)29-2/h7-10,13-14,21H,3-6,11-12,15H2,1-2H3,(H,29,32)(H,30,33)/t21-,27?/m0/s1. The number of esters is 1. The first kappa shape index (κ1) is 24.3. The van der Waals surface area contributed by atoms with Crippen molar-refractivity contribution in [3.8, 4) is 11.8 Å². The number of nitrogens with zero attached hydrogens (tertiary/aromatic N) is 1. The third-order valence-electron chi connectivity index (χ3n) is 6.83. The first-order valence-corrected chi connectivity index (χ1v) is 11.9. The van der Waals surface area contributed by atoms with Crippen molar-refractivity contribution in [3.05, 3.63) is 58.7 Å². The largest absolute Gasteiger partial charge is 0.493 e. The van der Waals surface area contributed by atoms with E-state index < -0.39 is 0 Å². The Morgan fingerprint density at radius 3 is 2.80 bits per heavy atom. The fraction of sp³-hybridized carbons (Fsp3) is 0.407. The highest BCUT2D eigenvalue weighted by Gasteiger charge is 2.61. The topological polar surface area (TPSA) is 118 Å². The van der Waals surface area contributed by atoms with E-state index in [1.54, 1.807) is 38.2 Å². The maximum atomic E-state index is 13.4. The van der Waals surface area contributed by atoms with Gasteiger partial charge in [0.05, 0.1) is 24.8 Å². The Morgan fingerprint density at radius 2 is 2.06 bits per heavy atom. The lowest BCUT2D eigenvalue weighted by Crippen LogP contribution is -2.28. The van der Waals surface area contributed by atoms with Crippen LogP contribution in [0.5, 0.6) is 5.75 Å². The Labute approximate surface area is 204 Å². The monoisotopic (exact) mass is 475 g/mol. The minimum absolute atomic E-state index is 0.120. The maximum Gasteiger partial charge on any atom is 0.305 e. The summed E-state index contributed by atoms with van der Waals surface area (Å²) in [6.07, 6.45) is 2.80. The molecule has 4 rings (SSSR count). The van der Waals surface area contributed by atoms with Crippen LogP contribution in [0.2, 0.25) is 0 Å². The van der Waals surface area contributed by atoms with E-state index >= 15 is 0 Å². The highest BCUT2D eigenvalue weighted by Crippen LogP contribution is 2.61. The summed E-state index contributed by atoms with van der Waals surface area (Å²) in [6.45, 7) is 2.63. The minimum Gasteiger partial charge on any atom is -0.493 e. The van der Waals surface area contributed by atoms with E-state index in [9.17, 15) is 19.6 Å². The van der Waals surface area contributed by atoms with E-state index in [2.05, 4.69) is 16.7 Å². The number of nitrogens with one attached hydrogen (secondary N) is 2. The SMILES string of the molecule is CCOC(=O)CCCc1ccc(C#N)cc1NC(=O)[C@@H]1CC12CCOc1ccc(C(=O)NC)cc12. The molecule has 2 aliphatic rings. The molecule has 1 saturated carbocycles. The third-order valence-corrected chi connectivity index (χ3v) is 6.83. The average Bonchev–Trinajstić information content (AvgIpc) is 3.59. The van der Waals surface area contributed by atoms with E-state index in [1.165, 1.54) is 0 Å². The van der Waals surface area contributed by atoms with E-state index in [0.717, 1.165) is 11.1 Å². The Bertz CT molecular complexity index is 1200. The molecule has 0 radical (unpaired) electrons. The lowest BCUT2D eigenvalue weighted by atomic mass is 9.86. The molecule has 1 aliphatic carbocycles. The van der Waals surface area contributed by atoms with Gasteiger partial charge in [0.25, 0.3) is 5.91 Å². The van der Waals surface area contributed by atoms with Crippen LogP contribution < -0.4 is 15.4 Å². The number of hydrogen-bond donors (Lipinski definition) is 2. The van der Waals surface area contributed by atoms with Gasteiger partial charge in [0.1, 0.15) is 5.75 Å². The average molecular weight is 476 g/mol. The highest BCUT2D eigenvalue weighted by molar-refractivity contribution is 5.98. The molecule has 2 amide bonds. The van der Waals surface area contributed by atoms with Gasteiger partial charge in [0.15, 0.2) is 0 Å². The van der Waals surface area contributed by atoms with Gasteiger partial charge in [0, 0.05) is 41.6 Å². The molecule has 0 aromatic heterocycles. The molecule has 1 aliphatic heterocycles. The molecule has 1 fully saturated rings. The Hall–Kier alpha value is -3.86. The molecule has 1 heterocycles. The molecule has 2 N–H and O–H groups in total. The van der Waals surface area contributed by atoms with Crippen molar-refractivity contribution < 1.29 is 23.9 Å². The lowest BCUT2D eigenvalue weighted by Gasteiger charge is -2.27. The second kappa shape index (κ2) is 10.2. The molecular formula is C27H29N3O5. The first-order valence-electron chi connectivity index (χ1n) is 11.9. The number of nitriles is 1. The molecule has 182 valence electrons. The summed E-state index contributed by atoms with van der Waals surface area (Å²) in [5.41, 5.74) is 2.97. The third kappa shape index (κ3) is 4.99. The number of fused-ring (bicyclic) bond motifs is 2. The smallest absolute Gasteiger partial charge is 0.305 e. The van der Waals surface area contributed by atoms with Crippen LogP contribution in [0.3, 0.4) is 0 Å². The Kier molecular flexibility index (Phi) is 7.06. The molecule has 35 heavy (non-hydrogen) atoms. The number of ether oxygens (including phenoxy) is 2. The molecule has 0 bridgehead atoms. The molecule has 2 aromatic carbocycles. The van der Waals surface area contributed by atoms with E-state index in [1.807, 2.05) is 12.1 Å². The Balaban J connectivity index is 1.51. The zero-order valence-corrected chi connectivity index (χ0v) is 20.0. The predicted molar refractivity (Wildman–Crippen MR) is 129 cm³/mol. The summed E-state index contributed by atoms with van der Waals surface area (Å²) in [6, 6.07) is 12.7. The van der Waals surface area contributed by atoms with Gasteiger partial charge in [-0.1, -0.05) is 6.07 Å². The normalized spacial score (nSPS) is 19.6. The number of hydrogen-bond acceptors (Lipinski definition) is 6.